The highest BCUT2D eigenvalue weighted by Gasteiger charge is 2.36. The van der Waals surface area contributed by atoms with Gasteiger partial charge in [-0.05, 0) is 13.8 Å². The summed E-state index contributed by atoms with van der Waals surface area (Å²) in [5.41, 5.74) is -0.0875. The van der Waals surface area contributed by atoms with Crippen molar-refractivity contribution in [2.75, 3.05) is 7.11 Å². The predicted octanol–water partition coefficient (Wildman–Crippen LogP) is 2.46. The number of carbonyl (C=O) groups is 1. The molecule has 6 nitrogen and oxygen atoms in total. The summed E-state index contributed by atoms with van der Waals surface area (Å²) < 4.78 is 42.3. The number of nitrogens with zero attached hydrogens (tertiary/aromatic N) is 3. The van der Waals surface area contributed by atoms with Gasteiger partial charge in [-0.2, -0.15) is 18.2 Å². The summed E-state index contributed by atoms with van der Waals surface area (Å²) in [6, 6.07) is 0. The molecule has 21 heavy (non-hydrogen) atoms. The Labute approximate surface area is 118 Å². The average Bonchev–Trinajstić information content (AvgIpc) is 2.45. The number of aromatic nitrogens is 2. The number of alkyl halides is 3. The number of hydrogen-bond donors (Lipinski definition) is 0. The topological polar surface area (TPSA) is 73.7 Å². The lowest BCUT2D eigenvalue weighted by Gasteiger charge is -2.11. The van der Waals surface area contributed by atoms with E-state index < -0.39 is 23.8 Å². The Morgan fingerprint density at radius 2 is 2.05 bits per heavy atom. The summed E-state index contributed by atoms with van der Waals surface area (Å²) in [6.45, 7) is 3.01. The molecule has 0 aliphatic heterocycles. The zero-order chi connectivity index (χ0) is 16.0. The van der Waals surface area contributed by atoms with Crippen molar-refractivity contribution in [1.29, 1.82) is 0 Å². The maximum absolute atomic E-state index is 12.6. The predicted molar refractivity (Wildman–Crippen MR) is 67.5 cm³/mol. The van der Waals surface area contributed by atoms with Gasteiger partial charge in [-0.3, -0.25) is 0 Å². The Hall–Kier alpha value is -2.45. The first kappa shape index (κ1) is 16.6. The Bertz CT molecular complexity index is 583. The number of ether oxygens (including phenoxy) is 1. The molecule has 0 atom stereocenters. The second-order valence-electron chi connectivity index (χ2n) is 3.56. The number of hydrogen-bond acceptors (Lipinski definition) is 6. The van der Waals surface area contributed by atoms with Crippen LogP contribution in [-0.4, -0.2) is 29.3 Å². The van der Waals surface area contributed by atoms with Crippen LogP contribution in [0.1, 0.15) is 25.2 Å². The second kappa shape index (κ2) is 6.82. The van der Waals surface area contributed by atoms with Crippen LogP contribution in [0.4, 0.5) is 13.2 Å². The van der Waals surface area contributed by atoms with Gasteiger partial charge in [0.2, 0.25) is 5.82 Å². The molecule has 1 aromatic rings. The fourth-order valence-electron chi connectivity index (χ4n) is 1.35. The van der Waals surface area contributed by atoms with Crippen molar-refractivity contribution in [3.8, 4) is 5.88 Å². The standard InChI is InChI=1S/C12H12F3N3O3/c1-4-7(10(19)20-3)8-6-16-11(12(13,14)15)18-9(8)21-17-5-2/h4-6H,1-3H3/b7-4+,17-5?. The third-order valence-corrected chi connectivity index (χ3v) is 2.24. The summed E-state index contributed by atoms with van der Waals surface area (Å²) in [7, 11) is 1.14. The van der Waals surface area contributed by atoms with Gasteiger partial charge in [0.1, 0.15) is 0 Å². The molecular formula is C12H12F3N3O3. The van der Waals surface area contributed by atoms with Gasteiger partial charge in [-0.25, -0.2) is 9.78 Å². The van der Waals surface area contributed by atoms with E-state index in [1.54, 1.807) is 0 Å². The number of esters is 1. The largest absolute Gasteiger partial charge is 0.465 e. The third kappa shape index (κ3) is 4.01. The first-order valence-corrected chi connectivity index (χ1v) is 5.69. The molecule has 0 aromatic carbocycles. The lowest BCUT2D eigenvalue weighted by Crippen LogP contribution is -2.14. The molecule has 0 aliphatic carbocycles. The molecule has 0 aliphatic rings. The molecular weight excluding hydrogens is 291 g/mol. The minimum atomic E-state index is -4.74. The van der Waals surface area contributed by atoms with E-state index in [1.807, 2.05) is 0 Å². The van der Waals surface area contributed by atoms with Crippen LogP contribution in [0, 0.1) is 0 Å². The van der Waals surface area contributed by atoms with Crippen LogP contribution < -0.4 is 4.84 Å². The molecule has 0 amide bonds. The Morgan fingerprint density at radius 1 is 1.38 bits per heavy atom. The van der Waals surface area contributed by atoms with Gasteiger partial charge >= 0.3 is 12.1 Å². The van der Waals surface area contributed by atoms with Crippen LogP contribution in [0.2, 0.25) is 0 Å². The minimum absolute atomic E-state index is 0.0347. The monoisotopic (exact) mass is 303 g/mol. The lowest BCUT2D eigenvalue weighted by atomic mass is 10.1. The summed E-state index contributed by atoms with van der Waals surface area (Å²) in [5.74, 6) is -2.65. The molecule has 9 heteroatoms. The van der Waals surface area contributed by atoms with Crippen LogP contribution in [-0.2, 0) is 15.7 Å². The first-order chi connectivity index (χ1) is 9.85. The molecule has 1 heterocycles. The maximum atomic E-state index is 12.6. The van der Waals surface area contributed by atoms with Gasteiger partial charge in [0.25, 0.3) is 5.88 Å². The van der Waals surface area contributed by atoms with Gasteiger partial charge in [0.15, 0.2) is 0 Å². The van der Waals surface area contributed by atoms with Crippen LogP contribution in [0.25, 0.3) is 5.57 Å². The number of methoxy groups -OCH3 is 1. The zero-order valence-corrected chi connectivity index (χ0v) is 11.4. The Morgan fingerprint density at radius 3 is 2.52 bits per heavy atom. The molecule has 1 aromatic heterocycles. The van der Waals surface area contributed by atoms with E-state index in [2.05, 4.69) is 19.9 Å². The van der Waals surface area contributed by atoms with Gasteiger partial charge in [0, 0.05) is 12.4 Å². The number of rotatable bonds is 4. The normalized spacial score (nSPS) is 12.6. The molecule has 0 spiro atoms. The Balaban J connectivity index is 3.40. The van der Waals surface area contributed by atoms with Crippen molar-refractivity contribution in [3.63, 3.8) is 0 Å². The van der Waals surface area contributed by atoms with Crippen molar-refractivity contribution in [3.05, 3.63) is 23.7 Å². The fourth-order valence-corrected chi connectivity index (χ4v) is 1.35. The van der Waals surface area contributed by atoms with Crippen molar-refractivity contribution in [1.82, 2.24) is 9.97 Å². The molecule has 0 N–H and O–H groups in total. The number of halogens is 3. The summed E-state index contributed by atoms with van der Waals surface area (Å²) >= 11 is 0. The highest BCUT2D eigenvalue weighted by molar-refractivity contribution is 6.16. The average molecular weight is 303 g/mol. The number of oxime groups is 1. The van der Waals surface area contributed by atoms with Gasteiger partial charge in [-0.1, -0.05) is 11.2 Å². The van der Waals surface area contributed by atoms with E-state index in [1.165, 1.54) is 26.1 Å². The van der Waals surface area contributed by atoms with Gasteiger partial charge in [0.05, 0.1) is 18.2 Å². The SMILES string of the molecule is CC=NOc1nc(C(F)(F)F)ncc1/C(=C\C)C(=O)OC. The summed E-state index contributed by atoms with van der Waals surface area (Å²) in [6.07, 6.45) is -1.34. The number of allylic oxidation sites excluding steroid dienone is 1. The molecule has 0 radical (unpaired) electrons. The summed E-state index contributed by atoms with van der Waals surface area (Å²) in [5, 5.41) is 3.37. The van der Waals surface area contributed by atoms with E-state index in [-0.39, 0.29) is 11.1 Å². The quantitative estimate of drug-likeness (QED) is 0.370. The zero-order valence-electron chi connectivity index (χ0n) is 11.4. The molecule has 1 rings (SSSR count). The first-order valence-electron chi connectivity index (χ1n) is 5.69. The highest BCUT2D eigenvalue weighted by Crippen LogP contribution is 2.31. The summed E-state index contributed by atoms with van der Waals surface area (Å²) in [4.78, 5) is 22.8. The molecule has 0 bridgehead atoms. The van der Waals surface area contributed by atoms with Gasteiger partial charge in [-0.15, -0.1) is 0 Å². The number of carbonyl (C=O) groups excluding carboxylic acids is 1. The van der Waals surface area contributed by atoms with E-state index in [0.29, 0.717) is 0 Å². The van der Waals surface area contributed by atoms with Crippen LogP contribution in [0.15, 0.2) is 17.4 Å². The Kier molecular flexibility index (Phi) is 5.39. The van der Waals surface area contributed by atoms with Crippen molar-refractivity contribution in [2.45, 2.75) is 20.0 Å². The molecule has 0 unspecified atom stereocenters. The van der Waals surface area contributed by atoms with Crippen molar-refractivity contribution < 1.29 is 27.5 Å². The van der Waals surface area contributed by atoms with Crippen LogP contribution in [0.5, 0.6) is 5.88 Å². The minimum Gasteiger partial charge on any atom is -0.465 e. The van der Waals surface area contributed by atoms with Crippen LogP contribution >= 0.6 is 0 Å². The highest BCUT2D eigenvalue weighted by atomic mass is 19.4. The smallest absolute Gasteiger partial charge is 0.451 e. The van der Waals surface area contributed by atoms with Gasteiger partial charge < -0.3 is 9.57 Å². The molecule has 0 fully saturated rings. The van der Waals surface area contributed by atoms with E-state index in [0.717, 1.165) is 13.3 Å². The maximum Gasteiger partial charge on any atom is 0.451 e. The van der Waals surface area contributed by atoms with E-state index >= 15 is 0 Å². The van der Waals surface area contributed by atoms with Crippen molar-refractivity contribution in [2.24, 2.45) is 5.16 Å². The van der Waals surface area contributed by atoms with E-state index in [4.69, 9.17) is 4.84 Å². The third-order valence-electron chi connectivity index (χ3n) is 2.24. The molecule has 0 saturated carbocycles. The van der Waals surface area contributed by atoms with Crippen LogP contribution in [0.3, 0.4) is 0 Å². The molecule has 114 valence electrons. The lowest BCUT2D eigenvalue weighted by molar-refractivity contribution is -0.145. The van der Waals surface area contributed by atoms with Crippen molar-refractivity contribution >= 4 is 17.8 Å². The molecule has 0 saturated heterocycles. The second-order valence-corrected chi connectivity index (χ2v) is 3.56. The fraction of sp³-hybridized carbons (Fsp3) is 0.333. The van der Waals surface area contributed by atoms with E-state index in [9.17, 15) is 18.0 Å².